The average Bonchev–Trinajstić information content (AvgIpc) is 2.78. The van der Waals surface area contributed by atoms with E-state index in [4.69, 9.17) is 15.7 Å². The monoisotopic (exact) mass is 333 g/mol. The van der Waals surface area contributed by atoms with Crippen LogP contribution in [0.4, 0.5) is 5.69 Å². The van der Waals surface area contributed by atoms with Gasteiger partial charge in [-0.2, -0.15) is 5.26 Å². The number of anilines is 1. The SMILES string of the molecule is COC(=O)c1c(N)c(C#N)cn1-c1ccc(C)c(Br)c1. The second kappa shape index (κ2) is 5.39. The van der Waals surface area contributed by atoms with Crippen LogP contribution in [0.25, 0.3) is 5.69 Å². The predicted octanol–water partition coefficient (Wildman–Crippen LogP) is 2.79. The zero-order valence-electron chi connectivity index (χ0n) is 11.0. The average molecular weight is 334 g/mol. The van der Waals surface area contributed by atoms with Crippen LogP contribution in [0.15, 0.2) is 28.9 Å². The van der Waals surface area contributed by atoms with Crippen molar-refractivity contribution in [3.05, 3.63) is 45.7 Å². The molecule has 0 saturated heterocycles. The van der Waals surface area contributed by atoms with Crippen molar-refractivity contribution < 1.29 is 9.53 Å². The highest BCUT2D eigenvalue weighted by Crippen LogP contribution is 2.27. The Labute approximate surface area is 124 Å². The smallest absolute Gasteiger partial charge is 0.357 e. The molecule has 0 atom stereocenters. The lowest BCUT2D eigenvalue weighted by Crippen LogP contribution is -2.11. The van der Waals surface area contributed by atoms with Crippen molar-refractivity contribution in [3.8, 4) is 11.8 Å². The number of nitrogens with zero attached hydrogens (tertiary/aromatic N) is 2. The molecule has 0 aliphatic carbocycles. The van der Waals surface area contributed by atoms with Crippen LogP contribution in [0.5, 0.6) is 0 Å². The molecule has 0 unspecified atom stereocenters. The summed E-state index contributed by atoms with van der Waals surface area (Å²) in [7, 11) is 1.27. The maximum atomic E-state index is 11.9. The topological polar surface area (TPSA) is 81.0 Å². The van der Waals surface area contributed by atoms with E-state index in [1.807, 2.05) is 31.2 Å². The number of nitrogens with two attached hydrogens (primary N) is 1. The van der Waals surface area contributed by atoms with Gasteiger partial charge in [-0.25, -0.2) is 4.79 Å². The Morgan fingerprint density at radius 3 is 2.75 bits per heavy atom. The Kier molecular flexibility index (Phi) is 3.81. The minimum Gasteiger partial charge on any atom is -0.464 e. The highest BCUT2D eigenvalue weighted by molar-refractivity contribution is 9.10. The molecular weight excluding hydrogens is 322 g/mol. The van der Waals surface area contributed by atoms with Gasteiger partial charge in [0, 0.05) is 16.4 Å². The van der Waals surface area contributed by atoms with E-state index in [1.54, 1.807) is 4.57 Å². The fourth-order valence-electron chi connectivity index (χ4n) is 1.85. The Balaban J connectivity index is 2.70. The lowest BCUT2D eigenvalue weighted by Gasteiger charge is -2.09. The van der Waals surface area contributed by atoms with Gasteiger partial charge in [0.25, 0.3) is 0 Å². The number of aryl methyl sites for hydroxylation is 1. The van der Waals surface area contributed by atoms with Crippen LogP contribution < -0.4 is 5.73 Å². The van der Waals surface area contributed by atoms with Gasteiger partial charge in [0.05, 0.1) is 18.4 Å². The van der Waals surface area contributed by atoms with Crippen molar-refractivity contribution in [2.45, 2.75) is 6.92 Å². The van der Waals surface area contributed by atoms with E-state index in [0.717, 1.165) is 15.7 Å². The minimum atomic E-state index is -0.583. The molecule has 0 fully saturated rings. The van der Waals surface area contributed by atoms with E-state index in [1.165, 1.54) is 13.3 Å². The molecule has 2 N–H and O–H groups in total. The van der Waals surface area contributed by atoms with Crippen molar-refractivity contribution in [2.24, 2.45) is 0 Å². The second-order valence-electron chi connectivity index (χ2n) is 4.21. The third kappa shape index (κ3) is 2.28. The molecule has 1 aromatic carbocycles. The third-order valence-corrected chi connectivity index (χ3v) is 3.83. The molecule has 0 aliphatic rings. The number of nitrogen functional groups attached to an aromatic ring is 1. The highest BCUT2D eigenvalue weighted by atomic mass is 79.9. The standard InChI is InChI=1S/C14H12BrN3O2/c1-8-3-4-10(5-11(8)15)18-7-9(6-16)12(17)13(18)14(19)20-2/h3-5,7H,17H2,1-2H3. The van der Waals surface area contributed by atoms with Gasteiger partial charge >= 0.3 is 5.97 Å². The number of carbonyl (C=O) groups excluding carboxylic acids is 1. The summed E-state index contributed by atoms with van der Waals surface area (Å²) in [4.78, 5) is 11.9. The first kappa shape index (κ1) is 14.2. The zero-order chi connectivity index (χ0) is 14.9. The molecule has 1 aromatic heterocycles. The number of nitriles is 1. The summed E-state index contributed by atoms with van der Waals surface area (Å²) in [5.41, 5.74) is 8.14. The van der Waals surface area contributed by atoms with Crippen LogP contribution in [0, 0.1) is 18.3 Å². The van der Waals surface area contributed by atoms with Crippen LogP contribution in [0.1, 0.15) is 21.6 Å². The summed E-state index contributed by atoms with van der Waals surface area (Å²) in [6, 6.07) is 7.56. The summed E-state index contributed by atoms with van der Waals surface area (Å²) in [6.07, 6.45) is 1.53. The summed E-state index contributed by atoms with van der Waals surface area (Å²) in [6.45, 7) is 1.96. The molecule has 0 amide bonds. The molecule has 0 bridgehead atoms. The summed E-state index contributed by atoms with van der Waals surface area (Å²) in [5.74, 6) is -0.583. The molecule has 0 radical (unpaired) electrons. The Bertz CT molecular complexity index is 729. The fraction of sp³-hybridized carbons (Fsp3) is 0.143. The Hall–Kier alpha value is -2.26. The van der Waals surface area contributed by atoms with Crippen molar-refractivity contribution in [2.75, 3.05) is 12.8 Å². The van der Waals surface area contributed by atoms with Crippen LogP contribution in [0.3, 0.4) is 0 Å². The first-order valence-electron chi connectivity index (χ1n) is 5.75. The van der Waals surface area contributed by atoms with Gasteiger partial charge in [-0.3, -0.25) is 0 Å². The summed E-state index contributed by atoms with van der Waals surface area (Å²) >= 11 is 3.44. The van der Waals surface area contributed by atoms with E-state index < -0.39 is 5.97 Å². The molecule has 0 saturated carbocycles. The molecule has 1 heterocycles. The third-order valence-electron chi connectivity index (χ3n) is 2.98. The molecule has 20 heavy (non-hydrogen) atoms. The normalized spacial score (nSPS) is 10.1. The number of methoxy groups -OCH3 is 1. The Morgan fingerprint density at radius 1 is 1.50 bits per heavy atom. The molecule has 102 valence electrons. The van der Waals surface area contributed by atoms with Gasteiger partial charge in [-0.1, -0.05) is 22.0 Å². The predicted molar refractivity (Wildman–Crippen MR) is 78.7 cm³/mol. The number of benzene rings is 1. The minimum absolute atomic E-state index is 0.121. The number of halogens is 1. The van der Waals surface area contributed by atoms with Gasteiger partial charge in [0.1, 0.15) is 6.07 Å². The van der Waals surface area contributed by atoms with Crippen molar-refractivity contribution in [1.82, 2.24) is 4.57 Å². The molecule has 6 heteroatoms. The number of hydrogen-bond acceptors (Lipinski definition) is 4. The molecule has 2 aromatic rings. The maximum absolute atomic E-state index is 11.9. The van der Waals surface area contributed by atoms with Gasteiger partial charge in [0.2, 0.25) is 0 Å². The summed E-state index contributed by atoms with van der Waals surface area (Å²) in [5, 5.41) is 9.05. The number of ether oxygens (including phenoxy) is 1. The van der Waals surface area contributed by atoms with Crippen LogP contribution in [0.2, 0.25) is 0 Å². The van der Waals surface area contributed by atoms with Crippen LogP contribution in [-0.4, -0.2) is 17.6 Å². The molecule has 0 aliphatic heterocycles. The zero-order valence-corrected chi connectivity index (χ0v) is 12.6. The largest absolute Gasteiger partial charge is 0.464 e. The number of esters is 1. The maximum Gasteiger partial charge on any atom is 0.357 e. The first-order valence-corrected chi connectivity index (χ1v) is 6.54. The fourth-order valence-corrected chi connectivity index (χ4v) is 2.22. The van der Waals surface area contributed by atoms with Crippen LogP contribution in [-0.2, 0) is 4.74 Å². The highest BCUT2D eigenvalue weighted by Gasteiger charge is 2.21. The Morgan fingerprint density at radius 2 is 2.20 bits per heavy atom. The van der Waals surface area contributed by atoms with E-state index in [0.29, 0.717) is 0 Å². The van der Waals surface area contributed by atoms with Crippen molar-refractivity contribution in [3.63, 3.8) is 0 Å². The van der Waals surface area contributed by atoms with Gasteiger partial charge in [-0.05, 0) is 24.6 Å². The van der Waals surface area contributed by atoms with Crippen molar-refractivity contribution >= 4 is 27.6 Å². The van der Waals surface area contributed by atoms with Crippen molar-refractivity contribution in [1.29, 1.82) is 5.26 Å². The number of rotatable bonds is 2. The van der Waals surface area contributed by atoms with E-state index in [2.05, 4.69) is 15.9 Å². The number of carbonyl (C=O) groups is 1. The van der Waals surface area contributed by atoms with Gasteiger partial charge in [-0.15, -0.1) is 0 Å². The summed E-state index contributed by atoms with van der Waals surface area (Å²) < 4.78 is 7.19. The molecule has 5 nitrogen and oxygen atoms in total. The van der Waals surface area contributed by atoms with Crippen LogP contribution >= 0.6 is 15.9 Å². The first-order chi connectivity index (χ1) is 9.49. The number of aromatic nitrogens is 1. The second-order valence-corrected chi connectivity index (χ2v) is 5.07. The lowest BCUT2D eigenvalue weighted by atomic mass is 10.2. The molecule has 0 spiro atoms. The molecular formula is C14H12BrN3O2. The lowest BCUT2D eigenvalue weighted by molar-refractivity contribution is 0.0593. The van der Waals surface area contributed by atoms with E-state index in [-0.39, 0.29) is 16.9 Å². The molecule has 2 rings (SSSR count). The van der Waals surface area contributed by atoms with E-state index >= 15 is 0 Å². The van der Waals surface area contributed by atoms with Gasteiger partial charge in [0.15, 0.2) is 5.69 Å². The number of hydrogen-bond donors (Lipinski definition) is 1. The van der Waals surface area contributed by atoms with E-state index in [9.17, 15) is 4.79 Å². The van der Waals surface area contributed by atoms with Gasteiger partial charge < -0.3 is 15.0 Å². The quantitative estimate of drug-likeness (QED) is 0.857.